The largest absolute Gasteiger partial charge is 0.508 e. The van der Waals surface area contributed by atoms with Gasteiger partial charge in [0.1, 0.15) is 22.8 Å². The molecule has 0 aromatic heterocycles. The van der Waals surface area contributed by atoms with Gasteiger partial charge in [0.15, 0.2) is 17.2 Å². The van der Waals surface area contributed by atoms with Crippen LogP contribution in [0.5, 0.6) is 5.75 Å². The van der Waals surface area contributed by atoms with Crippen LogP contribution in [0.25, 0.3) is 5.76 Å². The van der Waals surface area contributed by atoms with Gasteiger partial charge in [0.05, 0.1) is 17.2 Å². The maximum Gasteiger partial charge on any atom is 0.203 e. The molecule has 3 aliphatic rings. The first-order valence-corrected chi connectivity index (χ1v) is 12.9. The predicted molar refractivity (Wildman–Crippen MR) is 140 cm³/mol. The van der Waals surface area contributed by atoms with E-state index in [9.17, 15) is 39.9 Å². The highest BCUT2D eigenvalue weighted by Gasteiger charge is 2.77. The van der Waals surface area contributed by atoms with Crippen molar-refractivity contribution in [2.75, 3.05) is 0 Å². The molecule has 0 amide bonds. The number of ketones is 3. The monoisotopic (exact) mass is 524 g/mol. The Hall–Kier alpha value is -3.23. The molecule has 1 aromatic carbocycles. The van der Waals surface area contributed by atoms with E-state index < -0.39 is 74.7 Å². The summed E-state index contributed by atoms with van der Waals surface area (Å²) in [5.74, 6) is -7.06. The molecule has 0 bridgehead atoms. The molecule has 1 aromatic rings. The number of aryl methyl sites for hydroxylation is 1. The summed E-state index contributed by atoms with van der Waals surface area (Å²) in [6.45, 7) is 12.8. The summed E-state index contributed by atoms with van der Waals surface area (Å²) in [6, 6.07) is 3.45. The number of rotatable bonds is 5. The van der Waals surface area contributed by atoms with Gasteiger partial charge in [0, 0.05) is 16.7 Å². The standard InChI is InChI=1S/C30H36O8/c1-8-9-10-16-11-12-17-14(4)28(6)21(24(34)19(17)22(16)32)26(36)30(38)25(35)18(15(5)31)23(33)20(13(2)3)29(30,7)27(28)37/h8,11-14,20,27,32,34-35,37-38H,1,9-10H2,2-7H3/t14-,20?,27-,28+,29+,30+/m1/s1. The van der Waals surface area contributed by atoms with Gasteiger partial charge in [-0.15, -0.1) is 6.58 Å². The summed E-state index contributed by atoms with van der Waals surface area (Å²) in [7, 11) is 0. The van der Waals surface area contributed by atoms with Crippen LogP contribution in [-0.2, 0) is 20.8 Å². The number of aliphatic hydroxyl groups is 4. The SMILES string of the molecule is C=CCCc1ccc2c(c1O)C(O)=C1C(=O)[C@@]3(O)C(O)=C(C(C)=O)C(=O)C(C(C)C)[C@@]3(C)[C@H](O)[C@@]1(C)[C@@H]2C. The van der Waals surface area contributed by atoms with Gasteiger partial charge in [-0.3, -0.25) is 14.4 Å². The molecular formula is C30H36O8. The Morgan fingerprint density at radius 3 is 2.29 bits per heavy atom. The van der Waals surface area contributed by atoms with E-state index in [0.717, 1.165) is 6.92 Å². The van der Waals surface area contributed by atoms with Gasteiger partial charge in [-0.25, -0.2) is 0 Å². The van der Waals surface area contributed by atoms with Crippen molar-refractivity contribution in [3.63, 3.8) is 0 Å². The highest BCUT2D eigenvalue weighted by Crippen LogP contribution is 2.67. The van der Waals surface area contributed by atoms with E-state index in [0.29, 0.717) is 24.0 Å². The van der Waals surface area contributed by atoms with Crippen LogP contribution in [0.1, 0.15) is 70.6 Å². The van der Waals surface area contributed by atoms with Crippen molar-refractivity contribution >= 4 is 23.1 Å². The second-order valence-corrected chi connectivity index (χ2v) is 11.7. The zero-order valence-electron chi connectivity index (χ0n) is 22.6. The molecule has 1 fully saturated rings. The summed E-state index contributed by atoms with van der Waals surface area (Å²) >= 11 is 0. The zero-order valence-corrected chi connectivity index (χ0v) is 22.6. The second-order valence-electron chi connectivity index (χ2n) is 11.7. The second kappa shape index (κ2) is 8.64. The molecule has 0 aliphatic heterocycles. The summed E-state index contributed by atoms with van der Waals surface area (Å²) in [5, 5.41) is 58.2. The number of carbonyl (C=O) groups is 3. The number of allylic oxidation sites excluding steroid dienone is 2. The fourth-order valence-corrected chi connectivity index (χ4v) is 7.43. The molecule has 8 nitrogen and oxygen atoms in total. The summed E-state index contributed by atoms with van der Waals surface area (Å²) in [5.41, 5.74) is -6.39. The van der Waals surface area contributed by atoms with Crippen LogP contribution in [0, 0.1) is 22.7 Å². The molecule has 0 heterocycles. The smallest absolute Gasteiger partial charge is 0.203 e. The molecule has 0 spiro atoms. The third kappa shape index (κ3) is 3.01. The van der Waals surface area contributed by atoms with Gasteiger partial charge in [-0.2, -0.15) is 0 Å². The predicted octanol–water partition coefficient (Wildman–Crippen LogP) is 3.84. The molecule has 204 valence electrons. The first-order valence-electron chi connectivity index (χ1n) is 12.9. The van der Waals surface area contributed by atoms with Crippen molar-refractivity contribution in [2.45, 2.75) is 72.0 Å². The molecule has 1 unspecified atom stereocenters. The summed E-state index contributed by atoms with van der Waals surface area (Å²) < 4.78 is 0. The van der Waals surface area contributed by atoms with Gasteiger partial charge in [0.25, 0.3) is 0 Å². The molecule has 0 saturated heterocycles. The van der Waals surface area contributed by atoms with E-state index in [1.54, 1.807) is 45.9 Å². The lowest BCUT2D eigenvalue weighted by Crippen LogP contribution is -2.75. The lowest BCUT2D eigenvalue weighted by Gasteiger charge is -2.63. The number of hydrogen-bond acceptors (Lipinski definition) is 8. The fraction of sp³-hybridized carbons (Fsp3) is 0.500. The Labute approximate surface area is 222 Å². The number of phenols is 1. The lowest BCUT2D eigenvalue weighted by atomic mass is 9.40. The van der Waals surface area contributed by atoms with Crippen molar-refractivity contribution < 1.29 is 39.9 Å². The van der Waals surface area contributed by atoms with Crippen molar-refractivity contribution in [3.05, 3.63) is 58.4 Å². The highest BCUT2D eigenvalue weighted by atomic mass is 16.4. The number of hydrogen-bond donors (Lipinski definition) is 5. The van der Waals surface area contributed by atoms with Crippen molar-refractivity contribution in [3.8, 4) is 5.75 Å². The van der Waals surface area contributed by atoms with Gasteiger partial charge in [-0.05, 0) is 42.7 Å². The topological polar surface area (TPSA) is 152 Å². The fourth-order valence-electron chi connectivity index (χ4n) is 7.43. The molecule has 6 atom stereocenters. The summed E-state index contributed by atoms with van der Waals surface area (Å²) in [6.07, 6.45) is 1.04. The van der Waals surface area contributed by atoms with Gasteiger partial charge < -0.3 is 25.5 Å². The van der Waals surface area contributed by atoms with Crippen LogP contribution in [0.15, 0.2) is 41.7 Å². The van der Waals surface area contributed by atoms with Crippen LogP contribution in [-0.4, -0.2) is 54.6 Å². The van der Waals surface area contributed by atoms with Crippen LogP contribution in [0.3, 0.4) is 0 Å². The van der Waals surface area contributed by atoms with Crippen molar-refractivity contribution in [2.24, 2.45) is 22.7 Å². The summed E-state index contributed by atoms with van der Waals surface area (Å²) in [4.78, 5) is 40.4. The molecule has 8 heteroatoms. The number of phenolic OH excluding ortho intramolecular Hbond substituents is 1. The van der Waals surface area contributed by atoms with Crippen molar-refractivity contribution in [1.29, 1.82) is 0 Å². The Balaban J connectivity index is 2.12. The number of aliphatic hydroxyl groups excluding tert-OH is 3. The Morgan fingerprint density at radius 2 is 1.76 bits per heavy atom. The normalized spacial score (nSPS) is 34.7. The Morgan fingerprint density at radius 1 is 1.16 bits per heavy atom. The average Bonchev–Trinajstić information content (AvgIpc) is 2.83. The lowest BCUT2D eigenvalue weighted by molar-refractivity contribution is -0.215. The number of fused-ring (bicyclic) bond motifs is 3. The zero-order chi connectivity index (χ0) is 28.7. The molecule has 0 radical (unpaired) electrons. The molecule has 1 saturated carbocycles. The maximum absolute atomic E-state index is 14.4. The number of aromatic hydroxyl groups is 1. The maximum atomic E-state index is 14.4. The van der Waals surface area contributed by atoms with E-state index in [1.807, 2.05) is 0 Å². The number of Topliss-reactive ketones (excluding diaryl/α,β-unsaturated/α-hetero) is 3. The minimum atomic E-state index is -2.88. The Kier molecular flexibility index (Phi) is 6.32. The number of carbonyl (C=O) groups excluding carboxylic acids is 3. The first kappa shape index (κ1) is 27.8. The molecule has 3 aliphatic carbocycles. The van der Waals surface area contributed by atoms with E-state index >= 15 is 0 Å². The average molecular weight is 525 g/mol. The van der Waals surface area contributed by atoms with E-state index in [2.05, 4.69) is 6.58 Å². The van der Waals surface area contributed by atoms with Crippen LogP contribution < -0.4 is 0 Å². The third-order valence-corrected chi connectivity index (χ3v) is 9.53. The Bertz CT molecular complexity index is 1350. The minimum Gasteiger partial charge on any atom is -0.508 e. The van der Waals surface area contributed by atoms with E-state index in [1.165, 1.54) is 6.92 Å². The van der Waals surface area contributed by atoms with E-state index in [4.69, 9.17) is 0 Å². The van der Waals surface area contributed by atoms with Gasteiger partial charge in [-0.1, -0.05) is 52.8 Å². The molecular weight excluding hydrogens is 488 g/mol. The van der Waals surface area contributed by atoms with Gasteiger partial charge in [0.2, 0.25) is 5.78 Å². The molecule has 4 rings (SSSR count). The van der Waals surface area contributed by atoms with Crippen LogP contribution in [0.4, 0.5) is 0 Å². The van der Waals surface area contributed by atoms with Crippen molar-refractivity contribution in [1.82, 2.24) is 0 Å². The van der Waals surface area contributed by atoms with Crippen LogP contribution >= 0.6 is 0 Å². The van der Waals surface area contributed by atoms with E-state index in [-0.39, 0.29) is 16.9 Å². The van der Waals surface area contributed by atoms with Gasteiger partial charge >= 0.3 is 0 Å². The quantitative estimate of drug-likeness (QED) is 0.288. The highest BCUT2D eigenvalue weighted by molar-refractivity contribution is 6.24. The molecule has 5 N–H and O–H groups in total. The third-order valence-electron chi connectivity index (χ3n) is 9.53. The number of benzene rings is 1. The van der Waals surface area contributed by atoms with Crippen LogP contribution in [0.2, 0.25) is 0 Å². The molecule has 38 heavy (non-hydrogen) atoms. The first-order chi connectivity index (χ1) is 17.6. The minimum absolute atomic E-state index is 0.0156.